The van der Waals surface area contributed by atoms with Gasteiger partial charge in [-0.15, -0.1) is 0 Å². The minimum absolute atomic E-state index is 0.501. The first-order chi connectivity index (χ1) is 7.66. The number of benzene rings is 1. The molecule has 4 heteroatoms. The van der Waals surface area contributed by atoms with Crippen molar-refractivity contribution >= 4 is 22.6 Å². The van der Waals surface area contributed by atoms with Gasteiger partial charge in [0.2, 0.25) is 0 Å². The summed E-state index contributed by atoms with van der Waals surface area (Å²) in [6.07, 6.45) is 0. The molecular formula is C12H12INO2. The van der Waals surface area contributed by atoms with Crippen molar-refractivity contribution in [3.05, 3.63) is 44.9 Å². The minimum Gasteiger partial charge on any atom is -0.489 e. The maximum atomic E-state index is 5.69. The van der Waals surface area contributed by atoms with Crippen molar-refractivity contribution in [1.82, 2.24) is 5.16 Å². The monoisotopic (exact) mass is 329 g/mol. The molecule has 0 N–H and O–H groups in total. The van der Waals surface area contributed by atoms with Crippen LogP contribution in [0, 0.1) is 17.4 Å². The van der Waals surface area contributed by atoms with Crippen LogP contribution in [0.5, 0.6) is 5.75 Å². The van der Waals surface area contributed by atoms with Crippen LogP contribution in [-0.2, 0) is 6.61 Å². The van der Waals surface area contributed by atoms with Crippen LogP contribution < -0.4 is 4.74 Å². The first-order valence-corrected chi connectivity index (χ1v) is 6.05. The number of hydrogen-bond acceptors (Lipinski definition) is 3. The molecule has 0 saturated carbocycles. The summed E-state index contributed by atoms with van der Waals surface area (Å²) < 4.78 is 11.9. The molecule has 3 nitrogen and oxygen atoms in total. The van der Waals surface area contributed by atoms with Crippen molar-refractivity contribution in [2.24, 2.45) is 0 Å². The van der Waals surface area contributed by atoms with Gasteiger partial charge in [-0.2, -0.15) is 0 Å². The lowest BCUT2D eigenvalue weighted by Crippen LogP contribution is -1.97. The number of aryl methyl sites for hydroxylation is 2. The van der Waals surface area contributed by atoms with E-state index in [1.54, 1.807) is 0 Å². The number of rotatable bonds is 3. The molecule has 0 atom stereocenters. The van der Waals surface area contributed by atoms with Gasteiger partial charge < -0.3 is 9.26 Å². The SMILES string of the molecule is Cc1noc(C)c1COc1cccc(I)c1. The largest absolute Gasteiger partial charge is 0.489 e. The summed E-state index contributed by atoms with van der Waals surface area (Å²) in [5, 5.41) is 3.89. The summed E-state index contributed by atoms with van der Waals surface area (Å²) in [5.41, 5.74) is 1.92. The van der Waals surface area contributed by atoms with Crippen LogP contribution in [0.3, 0.4) is 0 Å². The van der Waals surface area contributed by atoms with E-state index in [0.29, 0.717) is 6.61 Å². The zero-order valence-electron chi connectivity index (χ0n) is 9.16. The fraction of sp³-hybridized carbons (Fsp3) is 0.250. The molecule has 0 spiro atoms. The Balaban J connectivity index is 2.08. The summed E-state index contributed by atoms with van der Waals surface area (Å²) in [6.45, 7) is 4.32. The second kappa shape index (κ2) is 4.86. The Morgan fingerprint density at radius 2 is 2.19 bits per heavy atom. The van der Waals surface area contributed by atoms with E-state index in [4.69, 9.17) is 9.26 Å². The van der Waals surface area contributed by atoms with Gasteiger partial charge in [-0.25, -0.2) is 0 Å². The molecule has 1 heterocycles. The number of hydrogen-bond donors (Lipinski definition) is 0. The van der Waals surface area contributed by atoms with E-state index < -0.39 is 0 Å². The van der Waals surface area contributed by atoms with Gasteiger partial charge in [0.1, 0.15) is 18.1 Å². The average Bonchev–Trinajstić information content (AvgIpc) is 2.56. The average molecular weight is 329 g/mol. The number of nitrogens with zero attached hydrogens (tertiary/aromatic N) is 1. The standard InChI is InChI=1S/C12H12INO2/c1-8-12(9(2)16-14-8)7-15-11-5-3-4-10(13)6-11/h3-6H,7H2,1-2H3. The van der Waals surface area contributed by atoms with E-state index in [9.17, 15) is 0 Å². The van der Waals surface area contributed by atoms with Crippen LogP contribution in [0.15, 0.2) is 28.8 Å². The van der Waals surface area contributed by atoms with Gasteiger partial charge >= 0.3 is 0 Å². The van der Waals surface area contributed by atoms with Crippen molar-refractivity contribution in [3.8, 4) is 5.75 Å². The smallest absolute Gasteiger partial charge is 0.140 e. The third-order valence-electron chi connectivity index (χ3n) is 2.36. The summed E-state index contributed by atoms with van der Waals surface area (Å²) in [4.78, 5) is 0. The Morgan fingerprint density at radius 3 is 2.81 bits per heavy atom. The molecule has 0 saturated heterocycles. The molecule has 1 aromatic heterocycles. The van der Waals surface area contributed by atoms with Gasteiger partial charge in [0.05, 0.1) is 11.3 Å². The fourth-order valence-electron chi connectivity index (χ4n) is 1.42. The van der Waals surface area contributed by atoms with Crippen LogP contribution in [0.25, 0.3) is 0 Å². The molecule has 2 aromatic rings. The second-order valence-electron chi connectivity index (χ2n) is 3.55. The molecule has 1 aromatic carbocycles. The number of ether oxygens (including phenoxy) is 1. The van der Waals surface area contributed by atoms with Crippen molar-refractivity contribution in [1.29, 1.82) is 0 Å². The van der Waals surface area contributed by atoms with Gasteiger partial charge in [-0.05, 0) is 54.6 Å². The van der Waals surface area contributed by atoms with E-state index in [1.165, 1.54) is 0 Å². The highest BCUT2D eigenvalue weighted by Gasteiger charge is 2.09. The molecule has 0 aliphatic heterocycles. The summed E-state index contributed by atoms with van der Waals surface area (Å²) in [7, 11) is 0. The highest BCUT2D eigenvalue weighted by Crippen LogP contribution is 2.18. The quantitative estimate of drug-likeness (QED) is 0.809. The van der Waals surface area contributed by atoms with Gasteiger partial charge in [0.15, 0.2) is 0 Å². The van der Waals surface area contributed by atoms with E-state index in [2.05, 4.69) is 27.7 Å². The molecule has 0 fully saturated rings. The van der Waals surface area contributed by atoms with Crippen LogP contribution in [-0.4, -0.2) is 5.16 Å². The van der Waals surface area contributed by atoms with Crippen LogP contribution in [0.1, 0.15) is 17.0 Å². The van der Waals surface area contributed by atoms with Gasteiger partial charge in [-0.3, -0.25) is 0 Å². The van der Waals surface area contributed by atoms with Gasteiger partial charge in [0.25, 0.3) is 0 Å². The van der Waals surface area contributed by atoms with Gasteiger partial charge in [0, 0.05) is 3.57 Å². The predicted molar refractivity (Wildman–Crippen MR) is 69.5 cm³/mol. The molecule has 0 unspecified atom stereocenters. The molecule has 0 bridgehead atoms. The molecular weight excluding hydrogens is 317 g/mol. The van der Waals surface area contributed by atoms with Crippen molar-refractivity contribution in [3.63, 3.8) is 0 Å². The predicted octanol–water partition coefficient (Wildman–Crippen LogP) is 3.48. The normalized spacial score (nSPS) is 10.4. The highest BCUT2D eigenvalue weighted by atomic mass is 127. The van der Waals surface area contributed by atoms with E-state index in [0.717, 1.165) is 26.3 Å². The summed E-state index contributed by atoms with van der Waals surface area (Å²) in [5.74, 6) is 1.69. The highest BCUT2D eigenvalue weighted by molar-refractivity contribution is 14.1. The van der Waals surface area contributed by atoms with E-state index >= 15 is 0 Å². The van der Waals surface area contributed by atoms with Crippen LogP contribution in [0.4, 0.5) is 0 Å². The minimum atomic E-state index is 0.501. The molecule has 0 aliphatic carbocycles. The second-order valence-corrected chi connectivity index (χ2v) is 4.79. The first kappa shape index (κ1) is 11.4. The topological polar surface area (TPSA) is 35.3 Å². The Bertz CT molecular complexity index is 474. The molecule has 84 valence electrons. The zero-order chi connectivity index (χ0) is 11.5. The Labute approximate surface area is 108 Å². The lowest BCUT2D eigenvalue weighted by molar-refractivity contribution is 0.301. The van der Waals surface area contributed by atoms with Crippen molar-refractivity contribution in [2.75, 3.05) is 0 Å². The Kier molecular flexibility index (Phi) is 3.48. The van der Waals surface area contributed by atoms with Gasteiger partial charge in [-0.1, -0.05) is 11.2 Å². The third-order valence-corrected chi connectivity index (χ3v) is 3.03. The molecule has 16 heavy (non-hydrogen) atoms. The fourth-order valence-corrected chi connectivity index (χ4v) is 1.93. The van der Waals surface area contributed by atoms with Crippen LogP contribution >= 0.6 is 22.6 Å². The number of aromatic nitrogens is 1. The van der Waals surface area contributed by atoms with E-state index in [-0.39, 0.29) is 0 Å². The summed E-state index contributed by atoms with van der Waals surface area (Å²) in [6, 6.07) is 7.95. The maximum Gasteiger partial charge on any atom is 0.140 e. The zero-order valence-corrected chi connectivity index (χ0v) is 11.3. The van der Waals surface area contributed by atoms with Crippen molar-refractivity contribution in [2.45, 2.75) is 20.5 Å². The first-order valence-electron chi connectivity index (χ1n) is 4.97. The Hall–Kier alpha value is -1.04. The lowest BCUT2D eigenvalue weighted by atomic mass is 10.2. The van der Waals surface area contributed by atoms with Crippen LogP contribution in [0.2, 0.25) is 0 Å². The molecule has 0 aliphatic rings. The molecule has 0 radical (unpaired) electrons. The Morgan fingerprint density at radius 1 is 1.38 bits per heavy atom. The molecule has 2 rings (SSSR count). The third kappa shape index (κ3) is 2.55. The lowest BCUT2D eigenvalue weighted by Gasteiger charge is -2.05. The maximum absolute atomic E-state index is 5.69. The van der Waals surface area contributed by atoms with Crippen molar-refractivity contribution < 1.29 is 9.26 Å². The molecule has 0 amide bonds. The van der Waals surface area contributed by atoms with E-state index in [1.807, 2.05) is 38.1 Å². The number of halogens is 1. The summed E-state index contributed by atoms with van der Waals surface area (Å²) >= 11 is 2.26.